The zero-order valence-corrected chi connectivity index (χ0v) is 19.9. The van der Waals surface area contributed by atoms with E-state index in [2.05, 4.69) is 15.6 Å². The Bertz CT molecular complexity index is 1070. The Morgan fingerprint density at radius 2 is 1.56 bits per heavy atom. The van der Waals surface area contributed by atoms with Gasteiger partial charge >= 0.3 is 12.1 Å². The first-order valence-corrected chi connectivity index (χ1v) is 10.6. The van der Waals surface area contributed by atoms with Gasteiger partial charge in [-0.15, -0.1) is 0 Å². The van der Waals surface area contributed by atoms with E-state index in [-0.39, 0.29) is 6.61 Å². The molecule has 2 rings (SSSR count). The number of hydrogen-bond donors (Lipinski definition) is 2. The monoisotopic (exact) mass is 515 g/mol. The standard InChI is InChI=1S/C23H25F4N3O6/c1-12(21(32)35-10-13-8-6-5-7-9-13)28-20(31)14(29-22(33)36-23(2,3)4)11-34-17-15(24)18(26)30-19(27)16(17)25/h5-9,12,14H,10-11H2,1-4H3,(H,28,31)(H,29,33)/t12-,14-/m0/s1. The van der Waals surface area contributed by atoms with Gasteiger partial charge in [0.05, 0.1) is 0 Å². The Morgan fingerprint density at radius 3 is 2.11 bits per heavy atom. The van der Waals surface area contributed by atoms with Crippen LogP contribution in [0.5, 0.6) is 5.75 Å². The predicted molar refractivity (Wildman–Crippen MR) is 117 cm³/mol. The summed E-state index contributed by atoms with van der Waals surface area (Å²) in [6.45, 7) is 4.85. The van der Waals surface area contributed by atoms with Gasteiger partial charge in [0.1, 0.15) is 30.9 Å². The zero-order chi connectivity index (χ0) is 27.0. The smallest absolute Gasteiger partial charge is 0.408 e. The first-order valence-electron chi connectivity index (χ1n) is 10.6. The fourth-order valence-electron chi connectivity index (χ4n) is 2.62. The molecular weight excluding hydrogens is 490 g/mol. The van der Waals surface area contributed by atoms with Gasteiger partial charge in [-0.3, -0.25) is 4.79 Å². The van der Waals surface area contributed by atoms with Crippen LogP contribution in [0, 0.1) is 23.5 Å². The second kappa shape index (κ2) is 12.2. The van der Waals surface area contributed by atoms with Crippen LogP contribution in [-0.2, 0) is 25.7 Å². The third-order valence-electron chi connectivity index (χ3n) is 4.30. The molecule has 0 spiro atoms. The molecule has 36 heavy (non-hydrogen) atoms. The summed E-state index contributed by atoms with van der Waals surface area (Å²) in [5, 5.41) is 4.38. The lowest BCUT2D eigenvalue weighted by atomic mass is 10.2. The average Bonchev–Trinajstić information content (AvgIpc) is 2.79. The molecule has 13 heteroatoms. The van der Waals surface area contributed by atoms with Gasteiger partial charge in [0.2, 0.25) is 23.3 Å². The Hall–Kier alpha value is -3.90. The number of nitrogens with zero attached hydrogens (tertiary/aromatic N) is 1. The number of alkyl carbamates (subject to hydrolysis) is 1. The molecule has 1 heterocycles. The number of benzene rings is 1. The van der Waals surface area contributed by atoms with Gasteiger partial charge in [0.25, 0.3) is 11.9 Å². The molecule has 0 bridgehead atoms. The first-order chi connectivity index (χ1) is 16.8. The number of ether oxygens (including phenoxy) is 3. The van der Waals surface area contributed by atoms with Gasteiger partial charge < -0.3 is 24.8 Å². The number of esters is 1. The van der Waals surface area contributed by atoms with Crippen molar-refractivity contribution < 1.29 is 46.2 Å². The van der Waals surface area contributed by atoms with Crippen molar-refractivity contribution in [3.63, 3.8) is 0 Å². The number of hydrogen-bond acceptors (Lipinski definition) is 7. The van der Waals surface area contributed by atoms with Crippen LogP contribution in [0.4, 0.5) is 22.4 Å². The molecule has 0 unspecified atom stereocenters. The van der Waals surface area contributed by atoms with Crippen molar-refractivity contribution in [2.24, 2.45) is 0 Å². The van der Waals surface area contributed by atoms with Crippen LogP contribution in [0.1, 0.15) is 33.3 Å². The lowest BCUT2D eigenvalue weighted by Crippen LogP contribution is -2.54. The van der Waals surface area contributed by atoms with Crippen molar-refractivity contribution in [2.45, 2.75) is 52.0 Å². The fourth-order valence-corrected chi connectivity index (χ4v) is 2.62. The summed E-state index contributed by atoms with van der Waals surface area (Å²) in [5.41, 5.74) is -0.279. The lowest BCUT2D eigenvalue weighted by molar-refractivity contribution is -0.148. The number of carbonyl (C=O) groups excluding carboxylic acids is 3. The lowest BCUT2D eigenvalue weighted by Gasteiger charge is -2.24. The molecule has 2 aromatic rings. The van der Waals surface area contributed by atoms with Gasteiger partial charge in [-0.2, -0.15) is 22.5 Å². The molecule has 0 fully saturated rings. The molecule has 2 N–H and O–H groups in total. The van der Waals surface area contributed by atoms with Gasteiger partial charge in [-0.25, -0.2) is 9.59 Å². The minimum Gasteiger partial charge on any atom is -0.485 e. The quantitative estimate of drug-likeness (QED) is 0.300. The van der Waals surface area contributed by atoms with Crippen LogP contribution < -0.4 is 15.4 Å². The van der Waals surface area contributed by atoms with Crippen molar-refractivity contribution in [2.75, 3.05) is 6.61 Å². The Balaban J connectivity index is 2.11. The highest BCUT2D eigenvalue weighted by atomic mass is 19.2. The summed E-state index contributed by atoms with van der Waals surface area (Å²) in [5.74, 6) is -11.2. The van der Waals surface area contributed by atoms with Gasteiger partial charge in [-0.1, -0.05) is 30.3 Å². The molecule has 1 aromatic carbocycles. The van der Waals surface area contributed by atoms with Crippen LogP contribution in [0.2, 0.25) is 0 Å². The summed E-state index contributed by atoms with van der Waals surface area (Å²) in [4.78, 5) is 39.6. The van der Waals surface area contributed by atoms with Crippen molar-refractivity contribution in [1.82, 2.24) is 15.6 Å². The molecule has 0 saturated carbocycles. The summed E-state index contributed by atoms with van der Waals surface area (Å²) >= 11 is 0. The maximum Gasteiger partial charge on any atom is 0.408 e. The number of halogens is 4. The summed E-state index contributed by atoms with van der Waals surface area (Å²) in [6.07, 6.45) is -1.11. The topological polar surface area (TPSA) is 116 Å². The largest absolute Gasteiger partial charge is 0.485 e. The molecule has 196 valence electrons. The highest BCUT2D eigenvalue weighted by molar-refractivity contribution is 5.89. The number of amides is 2. The zero-order valence-electron chi connectivity index (χ0n) is 19.9. The fraction of sp³-hybridized carbons (Fsp3) is 0.391. The Kier molecular flexibility index (Phi) is 9.59. The minimum atomic E-state index is -1.97. The van der Waals surface area contributed by atoms with E-state index < -0.39 is 71.5 Å². The van der Waals surface area contributed by atoms with E-state index >= 15 is 0 Å². The van der Waals surface area contributed by atoms with Crippen LogP contribution in [0.25, 0.3) is 0 Å². The van der Waals surface area contributed by atoms with Crippen LogP contribution in [-0.4, -0.2) is 47.2 Å². The van der Waals surface area contributed by atoms with Gasteiger partial charge in [-0.05, 0) is 33.3 Å². The number of rotatable bonds is 9. The van der Waals surface area contributed by atoms with Crippen molar-refractivity contribution >= 4 is 18.0 Å². The molecule has 2 atom stereocenters. The molecule has 2 amide bonds. The molecule has 0 aliphatic carbocycles. The summed E-state index contributed by atoms with van der Waals surface area (Å²) in [7, 11) is 0. The highest BCUT2D eigenvalue weighted by Gasteiger charge is 2.30. The Labute approximate surface area is 204 Å². The molecule has 1 aromatic heterocycles. The van der Waals surface area contributed by atoms with Crippen LogP contribution in [0.3, 0.4) is 0 Å². The third-order valence-corrected chi connectivity index (χ3v) is 4.30. The number of carbonyl (C=O) groups is 3. The van der Waals surface area contributed by atoms with Crippen LogP contribution >= 0.6 is 0 Å². The number of aromatic nitrogens is 1. The second-order valence-electron chi connectivity index (χ2n) is 8.48. The van der Waals surface area contributed by atoms with E-state index in [4.69, 9.17) is 14.2 Å². The number of nitrogens with one attached hydrogen (secondary N) is 2. The maximum absolute atomic E-state index is 13.9. The molecule has 9 nitrogen and oxygen atoms in total. The predicted octanol–water partition coefficient (Wildman–Crippen LogP) is 3.16. The van der Waals surface area contributed by atoms with E-state index in [1.165, 1.54) is 27.7 Å². The molecule has 0 aliphatic heterocycles. The van der Waals surface area contributed by atoms with Crippen LogP contribution in [0.15, 0.2) is 30.3 Å². The Morgan fingerprint density at radius 1 is 0.972 bits per heavy atom. The van der Waals surface area contributed by atoms with E-state index in [1.54, 1.807) is 30.3 Å². The molecule has 0 radical (unpaired) electrons. The SMILES string of the molecule is C[C@H](NC(=O)[C@H](COc1c(F)c(F)nc(F)c1F)NC(=O)OC(C)(C)C)C(=O)OCc1ccccc1. The van der Waals surface area contributed by atoms with Gasteiger partial charge in [0, 0.05) is 0 Å². The van der Waals surface area contributed by atoms with Crippen molar-refractivity contribution in [3.8, 4) is 5.75 Å². The van der Waals surface area contributed by atoms with E-state index in [0.29, 0.717) is 5.56 Å². The van der Waals surface area contributed by atoms with Crippen molar-refractivity contribution in [3.05, 3.63) is 59.4 Å². The third kappa shape index (κ3) is 8.40. The summed E-state index contributed by atoms with van der Waals surface area (Å²) < 4.78 is 69.4. The van der Waals surface area contributed by atoms with Gasteiger partial charge in [0.15, 0.2) is 0 Å². The van der Waals surface area contributed by atoms with E-state index in [9.17, 15) is 31.9 Å². The average molecular weight is 515 g/mol. The summed E-state index contributed by atoms with van der Waals surface area (Å²) in [6, 6.07) is 5.78. The maximum atomic E-state index is 13.9. The first kappa shape index (κ1) is 28.3. The van der Waals surface area contributed by atoms with E-state index in [1.807, 2.05) is 0 Å². The van der Waals surface area contributed by atoms with Crippen molar-refractivity contribution in [1.29, 1.82) is 0 Å². The highest BCUT2D eigenvalue weighted by Crippen LogP contribution is 2.24. The minimum absolute atomic E-state index is 0.0691. The normalized spacial score (nSPS) is 12.8. The van der Waals surface area contributed by atoms with E-state index in [0.717, 1.165) is 0 Å². The molecular formula is C23H25F4N3O6. The molecule has 0 aliphatic rings. The second-order valence-corrected chi connectivity index (χ2v) is 8.48. The molecule has 0 saturated heterocycles. The number of pyridine rings is 1.